The minimum atomic E-state index is -6.00. The van der Waals surface area contributed by atoms with Crippen LogP contribution in [-0.2, 0) is 27.2 Å². The van der Waals surface area contributed by atoms with Gasteiger partial charge in [0.1, 0.15) is 36.3 Å². The number of Topliss-reactive ketones (excluding diaryl/α,β-unsaturated/α-hetero) is 1. The molecule has 10 atom stereocenters. The molecule has 5 rings (SSSR count). The summed E-state index contributed by atoms with van der Waals surface area (Å²) >= 11 is 0. The molecule has 0 amide bonds. The Bertz CT molecular complexity index is 1740. The maximum Gasteiger partial charge on any atom is 0.673 e. The number of hydrogen-bond donors (Lipinski definition) is 7. The lowest BCUT2D eigenvalue weighted by atomic mass is 10.1. The fraction of sp³-hybridized carbons (Fsp3) is 0.522. The van der Waals surface area contributed by atoms with Crippen LogP contribution in [0.15, 0.2) is 37.2 Å². The van der Waals surface area contributed by atoms with Crippen molar-refractivity contribution < 1.29 is 84.1 Å². The molecule has 2 fully saturated rings. The van der Waals surface area contributed by atoms with Gasteiger partial charge in [0.15, 0.2) is 41.9 Å². The van der Waals surface area contributed by atoms with Crippen LogP contribution in [0.4, 0.5) is 23.1 Å². The van der Waals surface area contributed by atoms with Gasteiger partial charge < -0.3 is 57.9 Å². The largest absolute Gasteiger partial charge is 0.673 e. The van der Waals surface area contributed by atoms with E-state index in [1.807, 2.05) is 0 Å². The molecule has 1 aliphatic heterocycles. The summed E-state index contributed by atoms with van der Waals surface area (Å²) in [4.78, 5) is 43.7. The van der Waals surface area contributed by atoms with Crippen molar-refractivity contribution in [3.63, 3.8) is 0 Å². The van der Waals surface area contributed by atoms with Crippen molar-refractivity contribution in [1.29, 1.82) is 0 Å². The standard InChI is InChI=1S/C23H30N6O13P2.BF4/c1-11(30)12-3-2-4-28(6-12)14-5-13(17(31)18(14)32)7-39-43(35,36)42-44(37,38)40-8-15-19(33)20(34)23(41-15)29-10-27-16-21(24)25-9-26-22(16)29;2-1(3,4)5/h2-4,6,9-10,13-15,17-20,23,31-34H,5,7-8H2,1H3,(H3-,24,25,26,35,36,37,38);/q;-1/p+1/t13-,14-,15-,17-,18+,19-,20-,23-;/m1./s1. The van der Waals surface area contributed by atoms with E-state index >= 15 is 0 Å². The molecule has 0 spiro atoms. The molecule has 26 heteroatoms. The molecule has 1 aliphatic carbocycles. The van der Waals surface area contributed by atoms with Gasteiger partial charge in [0.05, 0.1) is 31.2 Å². The number of nitrogens with two attached hydrogens (primary N) is 1. The smallest absolute Gasteiger partial charge is 0.418 e. The van der Waals surface area contributed by atoms with E-state index in [1.165, 1.54) is 28.6 Å². The summed E-state index contributed by atoms with van der Waals surface area (Å²) in [5.74, 6) is -1.04. The second kappa shape index (κ2) is 15.1. The van der Waals surface area contributed by atoms with Crippen LogP contribution in [0.25, 0.3) is 11.2 Å². The van der Waals surface area contributed by atoms with Gasteiger partial charge in [-0.25, -0.2) is 24.1 Å². The number of hydrogen-bond acceptors (Lipinski definition) is 15. The fourth-order valence-corrected chi connectivity index (χ4v) is 7.29. The van der Waals surface area contributed by atoms with Crippen LogP contribution in [-0.4, -0.2) is 107 Å². The number of fused-ring (bicyclic) bond motifs is 1. The number of phosphoric acid groups is 2. The minimum Gasteiger partial charge on any atom is -0.418 e. The highest BCUT2D eigenvalue weighted by molar-refractivity contribution is 7.61. The highest BCUT2D eigenvalue weighted by Crippen LogP contribution is 2.61. The molecule has 3 aromatic rings. The zero-order valence-electron chi connectivity index (χ0n) is 25.0. The summed E-state index contributed by atoms with van der Waals surface area (Å²) in [5.41, 5.74) is 6.52. The highest BCUT2D eigenvalue weighted by Gasteiger charge is 2.49. The van der Waals surface area contributed by atoms with E-state index in [2.05, 4.69) is 19.3 Å². The lowest BCUT2D eigenvalue weighted by molar-refractivity contribution is -0.728. The Balaban J connectivity index is 0.00000101. The van der Waals surface area contributed by atoms with Crippen molar-refractivity contribution in [2.45, 2.75) is 56.1 Å². The quantitative estimate of drug-likeness (QED) is 0.0448. The molecule has 2 aliphatic rings. The second-order valence-electron chi connectivity index (χ2n) is 10.9. The van der Waals surface area contributed by atoms with E-state index in [0.717, 1.165) is 6.33 Å². The molecule has 1 saturated carbocycles. The topological polar surface area (TPSA) is 283 Å². The lowest BCUT2D eigenvalue weighted by Crippen LogP contribution is -2.45. The van der Waals surface area contributed by atoms with Gasteiger partial charge >= 0.3 is 22.9 Å². The molecular formula is C23H31BF4N6O13P2. The predicted molar refractivity (Wildman–Crippen MR) is 154 cm³/mol. The zero-order chi connectivity index (χ0) is 36.5. The number of aliphatic hydroxyl groups is 4. The molecule has 3 aromatic heterocycles. The molecule has 1 saturated heterocycles. The van der Waals surface area contributed by atoms with Gasteiger partial charge in [-0.15, -0.1) is 0 Å². The SMILES string of the molecule is CC(=O)c1ccc[n+]([C@@H]2C[C@H](COP(=O)(O)OP(=O)(O)OC[C@H]3O[C@@H](n4cnc5c(N)ncnc54)[C@H](O)[C@@H]3O)[C@@H](O)[C@H]2O)c1.F[B-](F)(F)F. The maximum absolute atomic E-state index is 12.5. The summed E-state index contributed by atoms with van der Waals surface area (Å²) in [6.07, 6.45) is -3.03. The van der Waals surface area contributed by atoms with E-state index < -0.39 is 84.8 Å². The average molecular weight is 748 g/mol. The maximum atomic E-state index is 12.5. The fourth-order valence-electron chi connectivity index (χ4n) is 5.16. The van der Waals surface area contributed by atoms with E-state index in [0.29, 0.717) is 5.56 Å². The summed E-state index contributed by atoms with van der Waals surface area (Å²) in [7, 11) is -16.6. The number of ether oxygens (including phenoxy) is 1. The van der Waals surface area contributed by atoms with Gasteiger partial charge in [0.2, 0.25) is 0 Å². The molecule has 8 N–H and O–H groups in total. The molecule has 0 bridgehead atoms. The molecule has 272 valence electrons. The molecule has 2 unspecified atom stereocenters. The first-order chi connectivity index (χ1) is 22.7. The molecule has 49 heavy (non-hydrogen) atoms. The van der Waals surface area contributed by atoms with Crippen LogP contribution in [0.3, 0.4) is 0 Å². The van der Waals surface area contributed by atoms with Gasteiger partial charge in [-0.3, -0.25) is 18.4 Å². The number of imidazole rings is 1. The average Bonchev–Trinajstić information content (AvgIpc) is 3.64. The van der Waals surface area contributed by atoms with Crippen molar-refractivity contribution >= 4 is 45.7 Å². The number of nitrogen functional groups attached to an aromatic ring is 1. The zero-order valence-corrected chi connectivity index (χ0v) is 26.8. The van der Waals surface area contributed by atoms with Crippen molar-refractivity contribution in [1.82, 2.24) is 19.5 Å². The van der Waals surface area contributed by atoms with E-state index in [-0.39, 0.29) is 29.2 Å². The number of rotatable bonds is 11. The van der Waals surface area contributed by atoms with E-state index in [1.54, 1.807) is 18.3 Å². The first kappa shape index (κ1) is 38.8. The van der Waals surface area contributed by atoms with Crippen molar-refractivity contribution in [3.05, 3.63) is 42.7 Å². The van der Waals surface area contributed by atoms with Gasteiger partial charge in [0, 0.05) is 18.4 Å². The van der Waals surface area contributed by atoms with Crippen LogP contribution >= 0.6 is 15.6 Å². The third-order valence-corrected chi connectivity index (χ3v) is 10.0. The van der Waals surface area contributed by atoms with Gasteiger partial charge in [-0.05, 0) is 13.0 Å². The number of pyridine rings is 1. The minimum absolute atomic E-state index is 0.0624. The highest BCUT2D eigenvalue weighted by atomic mass is 31.3. The Hall–Kier alpha value is -2.99. The lowest BCUT2D eigenvalue weighted by Gasteiger charge is -2.20. The van der Waals surface area contributed by atoms with Crippen molar-refractivity contribution in [3.8, 4) is 0 Å². The summed E-state index contributed by atoms with van der Waals surface area (Å²) in [6, 6.07) is 2.47. The number of aliphatic hydroxyl groups excluding tert-OH is 4. The van der Waals surface area contributed by atoms with Crippen LogP contribution in [0, 0.1) is 5.92 Å². The number of carbonyl (C=O) groups excluding carboxylic acids is 1. The van der Waals surface area contributed by atoms with E-state index in [9.17, 15) is 61.4 Å². The molecule has 19 nitrogen and oxygen atoms in total. The van der Waals surface area contributed by atoms with Crippen molar-refractivity contribution in [2.24, 2.45) is 5.92 Å². The van der Waals surface area contributed by atoms with Crippen LogP contribution in [0.5, 0.6) is 0 Å². The van der Waals surface area contributed by atoms with Gasteiger partial charge in [-0.1, -0.05) is 0 Å². The normalized spacial score (nSPS) is 29.6. The number of phosphoric ester groups is 2. The van der Waals surface area contributed by atoms with Crippen LogP contribution < -0.4 is 10.3 Å². The Kier molecular flexibility index (Phi) is 12.0. The molecule has 0 aromatic carbocycles. The number of halogens is 4. The molecule has 0 radical (unpaired) electrons. The first-order valence-corrected chi connectivity index (χ1v) is 17.0. The monoisotopic (exact) mass is 748 g/mol. The van der Waals surface area contributed by atoms with Gasteiger partial charge in [0.25, 0.3) is 0 Å². The van der Waals surface area contributed by atoms with Crippen molar-refractivity contribution in [2.75, 3.05) is 18.9 Å². The number of ketones is 1. The van der Waals surface area contributed by atoms with Crippen LogP contribution in [0.2, 0.25) is 0 Å². The number of anilines is 1. The number of carbonyl (C=O) groups is 1. The summed E-state index contributed by atoms with van der Waals surface area (Å²) in [6.45, 7) is -0.143. The third-order valence-electron chi connectivity index (χ3n) is 7.44. The molecule has 4 heterocycles. The Labute approximate surface area is 273 Å². The first-order valence-electron chi connectivity index (χ1n) is 14.0. The Morgan fingerprint density at radius 1 is 1.04 bits per heavy atom. The van der Waals surface area contributed by atoms with E-state index in [4.69, 9.17) is 19.5 Å². The third kappa shape index (κ3) is 9.84. The number of aromatic nitrogens is 5. The molecular weight excluding hydrogens is 717 g/mol. The van der Waals surface area contributed by atoms with Crippen LogP contribution in [0.1, 0.15) is 36.0 Å². The summed E-state index contributed by atoms with van der Waals surface area (Å²) in [5, 5.41) is 42.0. The Morgan fingerprint density at radius 2 is 1.67 bits per heavy atom. The van der Waals surface area contributed by atoms with Gasteiger partial charge in [-0.2, -0.15) is 8.88 Å². The number of nitrogens with zero attached hydrogens (tertiary/aromatic N) is 5. The summed E-state index contributed by atoms with van der Waals surface area (Å²) < 4.78 is 86.2. The second-order valence-corrected chi connectivity index (χ2v) is 13.9. The Morgan fingerprint density at radius 3 is 2.31 bits per heavy atom. The predicted octanol–water partition coefficient (Wildman–Crippen LogP) is 0.0514.